The van der Waals surface area contributed by atoms with Crippen LogP contribution in [0.2, 0.25) is 0 Å². The lowest BCUT2D eigenvalue weighted by molar-refractivity contribution is -0.164. The number of alkyl halides is 4. The number of hydrogen-bond donors (Lipinski definition) is 1. The first-order valence-corrected chi connectivity index (χ1v) is 7.28. The Morgan fingerprint density at radius 3 is 2.17 bits per heavy atom. The summed E-state index contributed by atoms with van der Waals surface area (Å²) in [6.07, 6.45) is -7.65. The molecule has 0 unspecified atom stereocenters. The molecule has 1 N–H and O–H groups in total. The molecule has 0 aliphatic carbocycles. The van der Waals surface area contributed by atoms with E-state index in [0.29, 0.717) is 0 Å². The maximum Gasteiger partial charge on any atom is 0.287 e. The van der Waals surface area contributed by atoms with Gasteiger partial charge in [-0.25, -0.2) is 17.6 Å². The van der Waals surface area contributed by atoms with E-state index in [1.807, 2.05) is 20.8 Å². The number of aliphatic hydroxyl groups is 1. The zero-order valence-electron chi connectivity index (χ0n) is 13.4. The van der Waals surface area contributed by atoms with Gasteiger partial charge in [0.15, 0.2) is 0 Å². The van der Waals surface area contributed by atoms with E-state index < -0.39 is 36.6 Å². The van der Waals surface area contributed by atoms with E-state index in [0.717, 1.165) is 5.56 Å². The molecule has 0 fully saturated rings. The minimum absolute atomic E-state index is 0.0265. The normalized spacial score (nSPS) is 21.6. The molecule has 2 rings (SSSR count). The molecule has 4 nitrogen and oxygen atoms in total. The van der Waals surface area contributed by atoms with Crippen LogP contribution < -0.4 is 0 Å². The van der Waals surface area contributed by atoms with Crippen molar-refractivity contribution in [3.05, 3.63) is 35.4 Å². The van der Waals surface area contributed by atoms with Gasteiger partial charge in [0.2, 0.25) is 5.72 Å². The zero-order valence-corrected chi connectivity index (χ0v) is 13.4. The van der Waals surface area contributed by atoms with Crippen molar-refractivity contribution < 1.29 is 27.5 Å². The quantitative estimate of drug-likeness (QED) is 0.853. The highest BCUT2D eigenvalue weighted by Crippen LogP contribution is 2.34. The van der Waals surface area contributed by atoms with E-state index in [9.17, 15) is 27.5 Å². The predicted molar refractivity (Wildman–Crippen MR) is 80.3 cm³/mol. The van der Waals surface area contributed by atoms with Crippen LogP contribution in [0.15, 0.2) is 29.4 Å². The van der Waals surface area contributed by atoms with Crippen LogP contribution in [0.3, 0.4) is 0 Å². The lowest BCUT2D eigenvalue weighted by atomic mass is 9.86. The molecule has 1 aromatic carbocycles. The van der Waals surface area contributed by atoms with Crippen molar-refractivity contribution in [2.24, 2.45) is 5.10 Å². The molecule has 24 heavy (non-hydrogen) atoms. The Bertz CT molecular complexity index is 653. The van der Waals surface area contributed by atoms with Crippen molar-refractivity contribution in [1.82, 2.24) is 5.01 Å². The van der Waals surface area contributed by atoms with Crippen molar-refractivity contribution in [3.63, 3.8) is 0 Å². The maximum atomic E-state index is 13.1. The molecule has 1 amide bonds. The van der Waals surface area contributed by atoms with Crippen molar-refractivity contribution in [2.75, 3.05) is 0 Å². The molecular weight excluding hydrogens is 328 g/mol. The van der Waals surface area contributed by atoms with Crippen LogP contribution in [0.25, 0.3) is 0 Å². The van der Waals surface area contributed by atoms with Crippen LogP contribution in [0.4, 0.5) is 17.6 Å². The number of benzene rings is 1. The Morgan fingerprint density at radius 2 is 1.75 bits per heavy atom. The largest absolute Gasteiger partial charge is 0.364 e. The van der Waals surface area contributed by atoms with Crippen LogP contribution in [0.1, 0.15) is 43.1 Å². The topological polar surface area (TPSA) is 52.9 Å². The number of nitrogens with zero attached hydrogens (tertiary/aromatic N) is 2. The van der Waals surface area contributed by atoms with Crippen LogP contribution in [0.5, 0.6) is 0 Å². The van der Waals surface area contributed by atoms with Crippen molar-refractivity contribution in [1.29, 1.82) is 0 Å². The monoisotopic (exact) mass is 346 g/mol. The summed E-state index contributed by atoms with van der Waals surface area (Å²) in [7, 11) is 0. The molecule has 0 spiro atoms. The summed E-state index contributed by atoms with van der Waals surface area (Å²) >= 11 is 0. The van der Waals surface area contributed by atoms with E-state index in [2.05, 4.69) is 5.10 Å². The van der Waals surface area contributed by atoms with E-state index in [1.165, 1.54) is 12.1 Å². The highest BCUT2D eigenvalue weighted by molar-refractivity contribution is 5.99. The number of halogens is 4. The van der Waals surface area contributed by atoms with Gasteiger partial charge in [-0.3, -0.25) is 4.79 Å². The van der Waals surface area contributed by atoms with Gasteiger partial charge in [-0.1, -0.05) is 32.9 Å². The minimum atomic E-state index is -3.43. The number of carbonyl (C=O) groups is 1. The second-order valence-electron chi connectivity index (χ2n) is 6.69. The number of hydrogen-bond acceptors (Lipinski definition) is 3. The van der Waals surface area contributed by atoms with Crippen LogP contribution >= 0.6 is 0 Å². The third-order valence-corrected chi connectivity index (χ3v) is 3.83. The molecule has 0 saturated heterocycles. The maximum absolute atomic E-state index is 13.1. The molecule has 1 heterocycles. The fourth-order valence-corrected chi connectivity index (χ4v) is 2.34. The standard InChI is InChI=1S/C16H18F4N2O2/c1-15(2,3)10-6-4-9(5-7-10)13(23)22-16(24,14(19)20)8-11(21-22)12(17)18/h4-7,12,14,24H,8H2,1-3H3/t16-/m0/s1. The molecule has 0 bridgehead atoms. The second kappa shape index (κ2) is 6.16. The van der Waals surface area contributed by atoms with Crippen molar-refractivity contribution >= 4 is 11.6 Å². The lowest BCUT2D eigenvalue weighted by Gasteiger charge is -2.30. The molecule has 1 aliphatic heterocycles. The predicted octanol–water partition coefficient (Wildman–Crippen LogP) is 3.40. The number of hydrazone groups is 1. The molecule has 0 saturated carbocycles. The van der Waals surface area contributed by atoms with Gasteiger partial charge < -0.3 is 5.11 Å². The van der Waals surface area contributed by atoms with Crippen LogP contribution in [-0.4, -0.2) is 40.3 Å². The van der Waals surface area contributed by atoms with Gasteiger partial charge in [0.25, 0.3) is 18.8 Å². The average molecular weight is 346 g/mol. The second-order valence-corrected chi connectivity index (χ2v) is 6.69. The molecular formula is C16H18F4N2O2. The Balaban J connectivity index is 2.35. The summed E-state index contributed by atoms with van der Waals surface area (Å²) in [6, 6.07) is 6.07. The third kappa shape index (κ3) is 3.28. The number of amides is 1. The number of carbonyl (C=O) groups excluding carboxylic acids is 1. The Morgan fingerprint density at radius 1 is 1.21 bits per heavy atom. The summed E-state index contributed by atoms with van der Waals surface area (Å²) in [5.74, 6) is -1.06. The van der Waals surface area contributed by atoms with Gasteiger partial charge in [-0.2, -0.15) is 10.1 Å². The molecule has 8 heteroatoms. The fourth-order valence-electron chi connectivity index (χ4n) is 2.34. The summed E-state index contributed by atoms with van der Waals surface area (Å²) in [5.41, 5.74) is -3.31. The summed E-state index contributed by atoms with van der Waals surface area (Å²) in [5, 5.41) is 13.3. The molecule has 1 aliphatic rings. The highest BCUT2D eigenvalue weighted by Gasteiger charge is 2.53. The van der Waals surface area contributed by atoms with Gasteiger partial charge in [0.1, 0.15) is 5.71 Å². The first kappa shape index (κ1) is 18.4. The lowest BCUT2D eigenvalue weighted by Crippen LogP contribution is -2.51. The first-order chi connectivity index (χ1) is 11.0. The van der Waals surface area contributed by atoms with Gasteiger partial charge in [0.05, 0.1) is 0 Å². The average Bonchev–Trinajstić information content (AvgIpc) is 2.85. The summed E-state index contributed by atoms with van der Waals surface area (Å²) < 4.78 is 51.8. The van der Waals surface area contributed by atoms with E-state index in [-0.39, 0.29) is 16.0 Å². The van der Waals surface area contributed by atoms with E-state index >= 15 is 0 Å². The summed E-state index contributed by atoms with van der Waals surface area (Å²) in [6.45, 7) is 5.87. The number of rotatable bonds is 3. The molecule has 0 radical (unpaired) electrons. The molecule has 0 aromatic heterocycles. The molecule has 132 valence electrons. The SMILES string of the molecule is CC(C)(C)c1ccc(C(=O)N2N=C(C(F)F)C[C@]2(O)C(F)F)cc1. The van der Waals surface area contributed by atoms with Gasteiger partial charge in [-0.15, -0.1) is 0 Å². The Hall–Kier alpha value is -1.96. The van der Waals surface area contributed by atoms with E-state index in [1.54, 1.807) is 12.1 Å². The third-order valence-electron chi connectivity index (χ3n) is 3.83. The minimum Gasteiger partial charge on any atom is -0.364 e. The van der Waals surface area contributed by atoms with Gasteiger partial charge >= 0.3 is 0 Å². The zero-order chi connectivity index (χ0) is 18.3. The highest BCUT2D eigenvalue weighted by atomic mass is 19.3. The van der Waals surface area contributed by atoms with Gasteiger partial charge in [-0.05, 0) is 23.1 Å². The summed E-state index contributed by atoms with van der Waals surface area (Å²) in [4.78, 5) is 12.4. The van der Waals surface area contributed by atoms with E-state index in [4.69, 9.17) is 0 Å². The van der Waals surface area contributed by atoms with Crippen LogP contribution in [-0.2, 0) is 5.41 Å². The van der Waals surface area contributed by atoms with Crippen LogP contribution in [0, 0.1) is 0 Å². The van der Waals surface area contributed by atoms with Crippen molar-refractivity contribution in [2.45, 2.75) is 51.2 Å². The smallest absolute Gasteiger partial charge is 0.287 e. The molecule has 1 aromatic rings. The van der Waals surface area contributed by atoms with Crippen molar-refractivity contribution in [3.8, 4) is 0 Å². The first-order valence-electron chi connectivity index (χ1n) is 7.28. The Labute approximate surface area is 136 Å². The molecule has 1 atom stereocenters. The van der Waals surface area contributed by atoms with Gasteiger partial charge in [0, 0.05) is 12.0 Å². The fraction of sp³-hybridized carbons (Fsp3) is 0.500. The Kier molecular flexibility index (Phi) is 4.72.